The molecule has 3 aromatic carbocycles. The molecule has 2 aliphatic rings. The van der Waals surface area contributed by atoms with Crippen molar-refractivity contribution in [3.05, 3.63) is 93.5 Å². The van der Waals surface area contributed by atoms with Gasteiger partial charge < -0.3 is 19.5 Å². The molecule has 0 spiro atoms. The second-order valence-electron chi connectivity index (χ2n) is 8.38. The Balaban J connectivity index is 1.64. The van der Waals surface area contributed by atoms with Gasteiger partial charge in [0.1, 0.15) is 23.3 Å². The van der Waals surface area contributed by atoms with Crippen LogP contribution < -0.4 is 19.5 Å². The Bertz CT molecular complexity index is 1480. The summed E-state index contributed by atoms with van der Waals surface area (Å²) in [5.41, 5.74) is 4.95. The average molecular weight is 563 g/mol. The zero-order chi connectivity index (χ0) is 24.8. The molecule has 2 aliphatic heterocycles. The van der Waals surface area contributed by atoms with Gasteiger partial charge in [0.25, 0.3) is 0 Å². The molecule has 4 aromatic rings. The third-order valence-electron chi connectivity index (χ3n) is 6.45. The highest BCUT2D eigenvalue weighted by atomic mass is 79.9. The number of ether oxygens (including phenoxy) is 3. The highest BCUT2D eigenvalue weighted by Crippen LogP contribution is 2.52. The average Bonchev–Trinajstić information content (AvgIpc) is 3.34. The third kappa shape index (κ3) is 3.74. The number of anilines is 1. The molecule has 0 unspecified atom stereocenters. The first-order chi connectivity index (χ1) is 17.6. The highest BCUT2D eigenvalue weighted by Gasteiger charge is 2.42. The molecule has 1 N–H and O–H groups in total. The summed E-state index contributed by atoms with van der Waals surface area (Å²) in [6, 6.07) is 21.8. The summed E-state index contributed by atoms with van der Waals surface area (Å²) in [4.78, 5) is 4.76. The summed E-state index contributed by atoms with van der Waals surface area (Å²) in [6.07, 6.45) is 1.54. The number of nitrogens with zero attached hydrogens (tertiary/aromatic N) is 3. The van der Waals surface area contributed by atoms with Crippen LogP contribution in [0.25, 0.3) is 5.70 Å². The van der Waals surface area contributed by atoms with Crippen molar-refractivity contribution in [3.63, 3.8) is 0 Å². The minimum absolute atomic E-state index is 0.266. The van der Waals surface area contributed by atoms with Crippen molar-refractivity contribution in [2.24, 2.45) is 0 Å². The molecule has 0 fully saturated rings. The molecule has 182 valence electrons. The van der Waals surface area contributed by atoms with E-state index in [1.165, 1.54) is 11.8 Å². The number of rotatable bonds is 5. The minimum Gasteiger partial charge on any atom is -0.497 e. The van der Waals surface area contributed by atoms with Crippen molar-refractivity contribution in [1.82, 2.24) is 14.8 Å². The number of benzene rings is 3. The summed E-state index contributed by atoms with van der Waals surface area (Å²) < 4.78 is 20.8. The van der Waals surface area contributed by atoms with E-state index >= 15 is 0 Å². The molecule has 9 heteroatoms. The Hall–Kier alpha value is -3.43. The maximum absolute atomic E-state index is 6.74. The summed E-state index contributed by atoms with van der Waals surface area (Å²) in [6.45, 7) is 0. The summed E-state index contributed by atoms with van der Waals surface area (Å²) >= 11 is 5.15. The van der Waals surface area contributed by atoms with E-state index in [1.54, 1.807) is 14.2 Å². The van der Waals surface area contributed by atoms with Crippen LogP contribution in [0.2, 0.25) is 0 Å². The van der Waals surface area contributed by atoms with Gasteiger partial charge in [-0.15, -0.1) is 5.10 Å². The van der Waals surface area contributed by atoms with Crippen LogP contribution in [-0.2, 0) is 0 Å². The highest BCUT2D eigenvalue weighted by molar-refractivity contribution is 9.10. The van der Waals surface area contributed by atoms with Crippen LogP contribution >= 0.6 is 27.7 Å². The lowest BCUT2D eigenvalue weighted by atomic mass is 9.84. The number of thioether (sulfide) groups is 1. The summed E-state index contributed by atoms with van der Waals surface area (Å²) in [5, 5.41) is 9.13. The fourth-order valence-corrected chi connectivity index (χ4v) is 5.55. The van der Waals surface area contributed by atoms with Crippen LogP contribution in [0.4, 0.5) is 5.95 Å². The van der Waals surface area contributed by atoms with Gasteiger partial charge in [0.2, 0.25) is 11.1 Å². The van der Waals surface area contributed by atoms with E-state index in [-0.39, 0.29) is 6.04 Å². The number of hydrogen-bond donors (Lipinski definition) is 1. The lowest BCUT2D eigenvalue weighted by Gasteiger charge is -2.39. The molecule has 0 aliphatic carbocycles. The van der Waals surface area contributed by atoms with E-state index in [1.807, 2.05) is 53.4 Å². The maximum Gasteiger partial charge on any atom is 0.227 e. The van der Waals surface area contributed by atoms with Crippen molar-refractivity contribution >= 4 is 39.3 Å². The maximum atomic E-state index is 6.74. The molecule has 0 saturated heterocycles. The quantitative estimate of drug-likeness (QED) is 0.284. The van der Waals surface area contributed by atoms with Crippen molar-refractivity contribution in [1.29, 1.82) is 0 Å². The number of hydrogen-bond acceptors (Lipinski definition) is 7. The number of aromatic nitrogens is 3. The third-order valence-corrected chi connectivity index (χ3v) is 7.48. The van der Waals surface area contributed by atoms with E-state index in [2.05, 4.69) is 45.5 Å². The fraction of sp³-hybridized carbons (Fsp3) is 0.185. The van der Waals surface area contributed by atoms with Gasteiger partial charge in [0, 0.05) is 21.2 Å². The van der Waals surface area contributed by atoms with Crippen LogP contribution in [0.3, 0.4) is 0 Å². The number of para-hydroxylation sites is 1. The van der Waals surface area contributed by atoms with Gasteiger partial charge >= 0.3 is 0 Å². The molecule has 0 amide bonds. The van der Waals surface area contributed by atoms with Crippen LogP contribution in [0.1, 0.15) is 28.8 Å². The predicted octanol–water partition coefficient (Wildman–Crippen LogP) is 6.34. The van der Waals surface area contributed by atoms with Gasteiger partial charge in [-0.3, -0.25) is 0 Å². The normalized spacial score (nSPS) is 17.9. The van der Waals surface area contributed by atoms with E-state index in [0.29, 0.717) is 11.1 Å². The van der Waals surface area contributed by atoms with Crippen LogP contribution in [-0.4, -0.2) is 35.2 Å². The topological polar surface area (TPSA) is 70.4 Å². The first-order valence-corrected chi connectivity index (χ1v) is 13.4. The van der Waals surface area contributed by atoms with Gasteiger partial charge in [-0.25, -0.2) is 4.68 Å². The number of halogens is 1. The lowest BCUT2D eigenvalue weighted by molar-refractivity contribution is 0.217. The molecular formula is C27H23BrN4O3S. The van der Waals surface area contributed by atoms with Crippen molar-refractivity contribution in [2.75, 3.05) is 25.8 Å². The van der Waals surface area contributed by atoms with E-state index in [0.717, 1.165) is 49.7 Å². The predicted molar refractivity (Wildman–Crippen MR) is 144 cm³/mol. The van der Waals surface area contributed by atoms with E-state index in [9.17, 15) is 0 Å². The van der Waals surface area contributed by atoms with Gasteiger partial charge in [-0.2, -0.15) is 4.98 Å². The SMILES string of the molecule is COc1ccc([C@H]2C3=C(Nc4nc(SC)nn42)c2ccccc2O[C@@H]3c2cc(Br)ccc2OC)cc1. The molecular weight excluding hydrogens is 540 g/mol. The molecule has 2 atom stereocenters. The smallest absolute Gasteiger partial charge is 0.227 e. The molecule has 6 rings (SSSR count). The number of methoxy groups -OCH3 is 2. The molecule has 3 heterocycles. The summed E-state index contributed by atoms with van der Waals surface area (Å²) in [7, 11) is 3.35. The van der Waals surface area contributed by atoms with Gasteiger partial charge in [0.15, 0.2) is 6.10 Å². The molecule has 1 aromatic heterocycles. The Labute approximate surface area is 221 Å². The van der Waals surface area contributed by atoms with Gasteiger partial charge in [0.05, 0.1) is 19.9 Å². The summed E-state index contributed by atoms with van der Waals surface area (Å²) in [5.74, 6) is 3.02. The van der Waals surface area contributed by atoms with Crippen molar-refractivity contribution < 1.29 is 14.2 Å². The van der Waals surface area contributed by atoms with Crippen molar-refractivity contribution in [3.8, 4) is 17.2 Å². The Morgan fingerprint density at radius 3 is 2.58 bits per heavy atom. The lowest BCUT2D eigenvalue weighted by Crippen LogP contribution is -2.32. The fourth-order valence-electron chi connectivity index (χ4n) is 4.82. The minimum atomic E-state index is -0.433. The zero-order valence-electron chi connectivity index (χ0n) is 19.9. The number of fused-ring (bicyclic) bond motifs is 3. The molecule has 0 radical (unpaired) electrons. The van der Waals surface area contributed by atoms with E-state index < -0.39 is 6.10 Å². The second kappa shape index (κ2) is 9.22. The monoisotopic (exact) mass is 562 g/mol. The molecule has 36 heavy (non-hydrogen) atoms. The largest absolute Gasteiger partial charge is 0.497 e. The Morgan fingerprint density at radius 1 is 1.03 bits per heavy atom. The van der Waals surface area contributed by atoms with Crippen molar-refractivity contribution in [2.45, 2.75) is 17.3 Å². The first kappa shape index (κ1) is 23.0. The van der Waals surface area contributed by atoms with E-state index in [4.69, 9.17) is 24.3 Å². The standard InChI is InChI=1S/C27H23BrN4O3S/c1-33-17-11-8-15(9-12-17)24-22-23(29-26-30-27(36-3)31-32(24)26)18-6-4-5-7-21(18)35-25(22)19-14-16(28)10-13-20(19)34-2/h4-14,24-25H,1-3H3,(H,29,30,31)/t24-,25+/m0/s1. The van der Waals surface area contributed by atoms with Gasteiger partial charge in [-0.05, 0) is 54.3 Å². The number of nitrogens with one attached hydrogen (secondary N) is 1. The zero-order valence-corrected chi connectivity index (χ0v) is 22.3. The second-order valence-corrected chi connectivity index (χ2v) is 10.1. The molecule has 0 saturated carbocycles. The Kier molecular flexibility index (Phi) is 5.89. The Morgan fingerprint density at radius 2 is 1.83 bits per heavy atom. The van der Waals surface area contributed by atoms with Crippen LogP contribution in [0, 0.1) is 0 Å². The molecule has 0 bridgehead atoms. The van der Waals surface area contributed by atoms with Crippen LogP contribution in [0.5, 0.6) is 17.2 Å². The first-order valence-electron chi connectivity index (χ1n) is 11.4. The van der Waals surface area contributed by atoms with Crippen LogP contribution in [0.15, 0.2) is 81.9 Å². The molecule has 7 nitrogen and oxygen atoms in total. The van der Waals surface area contributed by atoms with Gasteiger partial charge in [-0.1, -0.05) is 52.0 Å².